The maximum Gasteiger partial charge on any atom is 0.138 e. The van der Waals surface area contributed by atoms with Crippen LogP contribution in [0.1, 0.15) is 56.1 Å². The Labute approximate surface area is 114 Å². The summed E-state index contributed by atoms with van der Waals surface area (Å²) in [5.41, 5.74) is 2.57. The van der Waals surface area contributed by atoms with Gasteiger partial charge in [0.1, 0.15) is 5.82 Å². The van der Waals surface area contributed by atoms with Gasteiger partial charge in [-0.1, -0.05) is 13.8 Å². The van der Waals surface area contributed by atoms with Crippen molar-refractivity contribution in [3.63, 3.8) is 0 Å². The number of aromatic nitrogens is 2. The lowest BCUT2D eigenvalue weighted by Crippen LogP contribution is -2.11. The van der Waals surface area contributed by atoms with Crippen LogP contribution < -0.4 is 5.32 Å². The molecular formula is C14H23N3S. The summed E-state index contributed by atoms with van der Waals surface area (Å²) in [6, 6.07) is 0. The van der Waals surface area contributed by atoms with Crippen molar-refractivity contribution in [2.45, 2.75) is 56.6 Å². The summed E-state index contributed by atoms with van der Waals surface area (Å²) in [7, 11) is 1.98. The average Bonchev–Trinajstić information content (AvgIpc) is 3.21. The normalized spacial score (nSPS) is 16.8. The van der Waals surface area contributed by atoms with E-state index in [0.717, 1.165) is 18.1 Å². The maximum atomic E-state index is 4.79. The van der Waals surface area contributed by atoms with Crippen LogP contribution in [0.4, 0.5) is 0 Å². The van der Waals surface area contributed by atoms with Crippen LogP contribution in [0.5, 0.6) is 0 Å². The van der Waals surface area contributed by atoms with Gasteiger partial charge < -0.3 is 5.32 Å². The van der Waals surface area contributed by atoms with Crippen molar-refractivity contribution in [2.24, 2.45) is 0 Å². The third-order valence-corrected chi connectivity index (χ3v) is 4.68. The fourth-order valence-electron chi connectivity index (χ4n) is 1.90. The number of thioether (sulfide) groups is 1. The Kier molecular flexibility index (Phi) is 5.01. The molecule has 0 aromatic carbocycles. The monoisotopic (exact) mass is 265 g/mol. The van der Waals surface area contributed by atoms with Gasteiger partial charge in [0.15, 0.2) is 0 Å². The first-order valence-corrected chi connectivity index (χ1v) is 7.90. The fourth-order valence-corrected chi connectivity index (χ4v) is 2.71. The number of rotatable bonds is 7. The van der Waals surface area contributed by atoms with Crippen molar-refractivity contribution in [3.05, 3.63) is 23.3 Å². The minimum Gasteiger partial charge on any atom is -0.316 e. The molecule has 0 aliphatic heterocycles. The molecule has 18 heavy (non-hydrogen) atoms. The largest absolute Gasteiger partial charge is 0.316 e. The molecule has 1 aromatic rings. The Bertz CT molecular complexity index is 391. The van der Waals surface area contributed by atoms with Gasteiger partial charge in [-0.2, -0.15) is 11.8 Å². The summed E-state index contributed by atoms with van der Waals surface area (Å²) < 4.78 is 0. The van der Waals surface area contributed by atoms with Gasteiger partial charge in [-0.15, -0.1) is 0 Å². The van der Waals surface area contributed by atoms with Crippen LogP contribution in [0, 0.1) is 0 Å². The molecule has 4 heteroatoms. The van der Waals surface area contributed by atoms with Gasteiger partial charge in [0.25, 0.3) is 0 Å². The Morgan fingerprint density at radius 3 is 2.89 bits per heavy atom. The van der Waals surface area contributed by atoms with Gasteiger partial charge in [0.2, 0.25) is 0 Å². The number of nitrogens with one attached hydrogen (secondary N) is 1. The van der Waals surface area contributed by atoms with E-state index in [1.807, 2.05) is 25.0 Å². The van der Waals surface area contributed by atoms with Gasteiger partial charge in [0.05, 0.1) is 11.4 Å². The molecule has 1 unspecified atom stereocenters. The van der Waals surface area contributed by atoms with Crippen LogP contribution in [0.3, 0.4) is 0 Å². The van der Waals surface area contributed by atoms with Crippen molar-refractivity contribution in [3.8, 4) is 0 Å². The molecule has 1 aliphatic carbocycles. The van der Waals surface area contributed by atoms with E-state index in [2.05, 4.69) is 24.1 Å². The molecule has 1 fully saturated rings. The molecule has 1 atom stereocenters. The molecule has 1 aliphatic rings. The van der Waals surface area contributed by atoms with E-state index in [9.17, 15) is 0 Å². The zero-order valence-corrected chi connectivity index (χ0v) is 12.4. The summed E-state index contributed by atoms with van der Waals surface area (Å²) in [6.45, 7) is 5.37. The molecule has 100 valence electrons. The summed E-state index contributed by atoms with van der Waals surface area (Å²) in [5.74, 6) is 2.64. The van der Waals surface area contributed by atoms with Crippen molar-refractivity contribution < 1.29 is 0 Å². The Morgan fingerprint density at radius 1 is 1.50 bits per heavy atom. The highest BCUT2D eigenvalue weighted by Crippen LogP contribution is 2.40. The van der Waals surface area contributed by atoms with Gasteiger partial charge >= 0.3 is 0 Å². The molecule has 0 radical (unpaired) electrons. The maximum absolute atomic E-state index is 4.79. The fraction of sp³-hybridized carbons (Fsp3) is 0.714. The third-order valence-electron chi connectivity index (χ3n) is 3.35. The molecule has 0 bridgehead atoms. The molecule has 1 N–H and O–H groups in total. The smallest absolute Gasteiger partial charge is 0.138 e. The number of nitrogens with zero attached hydrogens (tertiary/aromatic N) is 2. The first-order chi connectivity index (χ1) is 8.74. The van der Waals surface area contributed by atoms with Crippen LogP contribution in [-0.4, -0.2) is 22.3 Å². The van der Waals surface area contributed by atoms with Crippen LogP contribution in [0.2, 0.25) is 0 Å². The molecule has 0 saturated heterocycles. The van der Waals surface area contributed by atoms with E-state index in [0.29, 0.717) is 11.2 Å². The molecule has 1 saturated carbocycles. The van der Waals surface area contributed by atoms with Crippen LogP contribution in [0.25, 0.3) is 0 Å². The van der Waals surface area contributed by atoms with E-state index >= 15 is 0 Å². The Balaban J connectivity index is 2.05. The second kappa shape index (κ2) is 6.53. The van der Waals surface area contributed by atoms with Crippen molar-refractivity contribution >= 4 is 11.8 Å². The average molecular weight is 265 g/mol. The van der Waals surface area contributed by atoms with Gasteiger partial charge in [-0.05, 0) is 26.3 Å². The lowest BCUT2D eigenvalue weighted by molar-refractivity contribution is 0.774. The summed E-state index contributed by atoms with van der Waals surface area (Å²) in [4.78, 5) is 9.29. The second-order valence-corrected chi connectivity index (χ2v) is 6.46. The van der Waals surface area contributed by atoms with E-state index in [1.54, 1.807) is 0 Å². The topological polar surface area (TPSA) is 37.8 Å². The van der Waals surface area contributed by atoms with Crippen molar-refractivity contribution in [2.75, 3.05) is 7.05 Å². The first-order valence-electron chi connectivity index (χ1n) is 6.85. The van der Waals surface area contributed by atoms with Gasteiger partial charge in [0, 0.05) is 29.5 Å². The lowest BCUT2D eigenvalue weighted by Gasteiger charge is -2.11. The zero-order chi connectivity index (χ0) is 13.0. The van der Waals surface area contributed by atoms with Crippen LogP contribution in [-0.2, 0) is 12.3 Å². The van der Waals surface area contributed by atoms with Crippen LogP contribution >= 0.6 is 11.8 Å². The van der Waals surface area contributed by atoms with E-state index < -0.39 is 0 Å². The third kappa shape index (κ3) is 3.69. The predicted octanol–water partition coefficient (Wildman–Crippen LogP) is 3.11. The molecule has 0 spiro atoms. The van der Waals surface area contributed by atoms with E-state index in [-0.39, 0.29) is 0 Å². The first kappa shape index (κ1) is 13.8. The predicted molar refractivity (Wildman–Crippen MR) is 77.8 cm³/mol. The van der Waals surface area contributed by atoms with E-state index in [1.165, 1.54) is 30.5 Å². The molecule has 1 heterocycles. The SMILES string of the molecule is CCC(C)SCc1ncc(CNC)c(C2CC2)n1. The molecule has 0 amide bonds. The number of hydrogen-bond donors (Lipinski definition) is 1. The highest BCUT2D eigenvalue weighted by Gasteiger charge is 2.28. The van der Waals surface area contributed by atoms with Crippen molar-refractivity contribution in [1.29, 1.82) is 0 Å². The van der Waals surface area contributed by atoms with Gasteiger partial charge in [-0.25, -0.2) is 9.97 Å². The standard InChI is InChI=1S/C14H23N3S/c1-4-10(2)18-9-13-16-8-12(7-15-3)14(17-13)11-5-6-11/h8,10-11,15H,4-7,9H2,1-3H3. The molecule has 1 aromatic heterocycles. The minimum atomic E-state index is 0.690. The lowest BCUT2D eigenvalue weighted by atomic mass is 10.1. The van der Waals surface area contributed by atoms with Crippen molar-refractivity contribution in [1.82, 2.24) is 15.3 Å². The van der Waals surface area contributed by atoms with Crippen LogP contribution in [0.15, 0.2) is 6.20 Å². The van der Waals surface area contributed by atoms with Gasteiger partial charge in [-0.3, -0.25) is 0 Å². The summed E-state index contributed by atoms with van der Waals surface area (Å²) in [5, 5.41) is 3.89. The Hall–Kier alpha value is -0.610. The summed E-state index contributed by atoms with van der Waals surface area (Å²) in [6.07, 6.45) is 5.82. The summed E-state index contributed by atoms with van der Waals surface area (Å²) >= 11 is 1.95. The minimum absolute atomic E-state index is 0.690. The van der Waals surface area contributed by atoms with E-state index in [4.69, 9.17) is 4.98 Å². The Morgan fingerprint density at radius 2 is 2.28 bits per heavy atom. The molecule has 2 rings (SSSR count). The zero-order valence-electron chi connectivity index (χ0n) is 11.6. The highest BCUT2D eigenvalue weighted by molar-refractivity contribution is 7.99. The quantitative estimate of drug-likeness (QED) is 0.822. The molecule has 3 nitrogen and oxygen atoms in total. The molecular weight excluding hydrogens is 242 g/mol. The number of hydrogen-bond acceptors (Lipinski definition) is 4. The second-order valence-electron chi connectivity index (χ2n) is 5.03. The highest BCUT2D eigenvalue weighted by atomic mass is 32.2.